The molecule has 16 rings (SSSR count). The third-order valence-electron chi connectivity index (χ3n) is 15.4. The molecule has 354 valence electrons. The van der Waals surface area contributed by atoms with Crippen LogP contribution in [-0.4, -0.2) is 33.2 Å². The molecule has 0 unspecified atom stereocenters. The summed E-state index contributed by atoms with van der Waals surface area (Å²) in [5.41, 5.74) is 15.9. The van der Waals surface area contributed by atoms with Crippen molar-refractivity contribution in [3.63, 3.8) is 0 Å². The van der Waals surface area contributed by atoms with Gasteiger partial charge in [-0.1, -0.05) is 146 Å². The highest BCUT2D eigenvalue weighted by molar-refractivity contribution is 6.12. The molecular weight excluding hydrogens is 927 g/mol. The monoisotopic (exact) mass is 969 g/mol. The van der Waals surface area contributed by atoms with Crippen molar-refractivity contribution < 1.29 is 0 Å². The van der Waals surface area contributed by atoms with E-state index in [0.29, 0.717) is 17.5 Å². The lowest BCUT2D eigenvalue weighted by Gasteiger charge is -2.16. The second kappa shape index (κ2) is 16.6. The molecule has 0 N–H and O–H groups in total. The minimum atomic E-state index is 0.572. The minimum Gasteiger partial charge on any atom is -0.309 e. The van der Waals surface area contributed by atoms with E-state index in [2.05, 4.69) is 279 Å². The summed E-state index contributed by atoms with van der Waals surface area (Å²) in [4.78, 5) is 16.3. The van der Waals surface area contributed by atoms with Crippen LogP contribution in [0.25, 0.3) is 144 Å². The molecule has 0 aliphatic rings. The average Bonchev–Trinajstić information content (AvgIpc) is 4.23. The zero-order chi connectivity index (χ0) is 49.8. The number of hydrogen-bond acceptors (Lipinski definition) is 3. The summed E-state index contributed by atoms with van der Waals surface area (Å²) in [7, 11) is 0. The maximum atomic E-state index is 5.46. The van der Waals surface area contributed by atoms with Gasteiger partial charge in [0.2, 0.25) is 0 Å². The highest BCUT2D eigenvalue weighted by atomic mass is 15.1. The summed E-state index contributed by atoms with van der Waals surface area (Å²) in [5, 5.41) is 9.67. The van der Waals surface area contributed by atoms with Gasteiger partial charge in [0.25, 0.3) is 0 Å². The number of hydrogen-bond donors (Lipinski definition) is 0. The van der Waals surface area contributed by atoms with Crippen molar-refractivity contribution in [2.45, 2.75) is 0 Å². The molecule has 0 aliphatic heterocycles. The summed E-state index contributed by atoms with van der Waals surface area (Å²) in [5.74, 6) is 1.74. The number of para-hydroxylation sites is 8. The van der Waals surface area contributed by atoms with Crippen LogP contribution in [0.5, 0.6) is 0 Å². The molecule has 0 spiro atoms. The Kier molecular flexibility index (Phi) is 9.20. The molecule has 11 aromatic carbocycles. The van der Waals surface area contributed by atoms with E-state index in [9.17, 15) is 0 Å². The zero-order valence-electron chi connectivity index (χ0n) is 41.0. The van der Waals surface area contributed by atoms with E-state index in [1.54, 1.807) is 0 Å². The maximum Gasteiger partial charge on any atom is 0.164 e. The first kappa shape index (κ1) is 42.2. The predicted octanol–water partition coefficient (Wildman–Crippen LogP) is 17.3. The van der Waals surface area contributed by atoms with Crippen LogP contribution in [-0.2, 0) is 0 Å². The molecule has 7 nitrogen and oxygen atoms in total. The molecule has 0 saturated heterocycles. The van der Waals surface area contributed by atoms with Crippen molar-refractivity contribution in [1.82, 2.24) is 33.2 Å². The van der Waals surface area contributed by atoms with Crippen molar-refractivity contribution in [3.8, 4) is 56.9 Å². The van der Waals surface area contributed by atoms with E-state index >= 15 is 0 Å². The first-order valence-corrected chi connectivity index (χ1v) is 25.8. The van der Waals surface area contributed by atoms with Gasteiger partial charge in [0.1, 0.15) is 0 Å². The van der Waals surface area contributed by atoms with E-state index in [4.69, 9.17) is 15.0 Å². The standard InChI is InChI=1S/C69H43N7/c1-9-25-59-51(17-1)52-18-2-10-26-60(52)73(59)47-37-33-44(34-38-47)67-70-68(45-35-39-48(40-36-45)74-61-27-11-3-19-53(61)54-20-4-12-28-62(54)74)72-69(71-67)46-41-49(75-63-29-13-5-21-55(63)56-22-6-14-30-64(56)75)43-50(42-46)76-65-31-15-7-23-57(65)58-24-8-16-32-66(58)76/h1-43H. The first-order valence-electron chi connectivity index (χ1n) is 25.8. The molecule has 0 fully saturated rings. The van der Waals surface area contributed by atoms with Crippen molar-refractivity contribution in [2.24, 2.45) is 0 Å². The van der Waals surface area contributed by atoms with Crippen LogP contribution in [0, 0.1) is 0 Å². The van der Waals surface area contributed by atoms with Gasteiger partial charge in [-0.05, 0) is 115 Å². The third-order valence-corrected chi connectivity index (χ3v) is 15.4. The van der Waals surface area contributed by atoms with Gasteiger partial charge in [-0.3, -0.25) is 0 Å². The van der Waals surface area contributed by atoms with Crippen LogP contribution in [0.3, 0.4) is 0 Å². The Hall–Kier alpha value is -10.4. The molecule has 5 aromatic heterocycles. The Labute approximate surface area is 436 Å². The molecule has 0 atom stereocenters. The fraction of sp³-hybridized carbons (Fsp3) is 0. The normalized spacial score (nSPS) is 11.9. The van der Waals surface area contributed by atoms with E-state index < -0.39 is 0 Å². The van der Waals surface area contributed by atoms with Crippen LogP contribution >= 0.6 is 0 Å². The second-order valence-corrected chi connectivity index (χ2v) is 19.6. The molecule has 7 heteroatoms. The molecule has 5 heterocycles. The van der Waals surface area contributed by atoms with Crippen LogP contribution < -0.4 is 0 Å². The molecule has 76 heavy (non-hydrogen) atoms. The van der Waals surface area contributed by atoms with E-state index in [0.717, 1.165) is 83.6 Å². The largest absolute Gasteiger partial charge is 0.309 e. The molecule has 0 amide bonds. The van der Waals surface area contributed by atoms with Crippen LogP contribution in [0.15, 0.2) is 261 Å². The van der Waals surface area contributed by atoms with Gasteiger partial charge in [-0.15, -0.1) is 0 Å². The number of aromatic nitrogens is 7. The van der Waals surface area contributed by atoms with Gasteiger partial charge < -0.3 is 18.3 Å². The number of rotatable bonds is 7. The van der Waals surface area contributed by atoms with Gasteiger partial charge in [-0.2, -0.15) is 0 Å². The summed E-state index contributed by atoms with van der Waals surface area (Å²) >= 11 is 0. The lowest BCUT2D eigenvalue weighted by Crippen LogP contribution is -2.04. The lowest BCUT2D eigenvalue weighted by molar-refractivity contribution is 1.06. The third kappa shape index (κ3) is 6.39. The van der Waals surface area contributed by atoms with E-state index in [-0.39, 0.29) is 0 Å². The van der Waals surface area contributed by atoms with Crippen molar-refractivity contribution in [1.29, 1.82) is 0 Å². The molecule has 16 aromatic rings. The zero-order valence-corrected chi connectivity index (χ0v) is 41.0. The van der Waals surface area contributed by atoms with Crippen LogP contribution in [0.4, 0.5) is 0 Å². The van der Waals surface area contributed by atoms with Crippen molar-refractivity contribution in [2.75, 3.05) is 0 Å². The van der Waals surface area contributed by atoms with Crippen LogP contribution in [0.1, 0.15) is 0 Å². The Morgan fingerprint density at radius 2 is 0.395 bits per heavy atom. The Morgan fingerprint density at radius 3 is 0.645 bits per heavy atom. The molecule has 0 radical (unpaired) electrons. The Morgan fingerprint density at radius 1 is 0.184 bits per heavy atom. The van der Waals surface area contributed by atoms with Gasteiger partial charge in [0, 0.05) is 82.5 Å². The second-order valence-electron chi connectivity index (χ2n) is 19.6. The summed E-state index contributed by atoms with van der Waals surface area (Å²) in [6, 6.07) is 93.3. The molecule has 0 bridgehead atoms. The molecule has 0 aliphatic carbocycles. The van der Waals surface area contributed by atoms with Gasteiger partial charge >= 0.3 is 0 Å². The SMILES string of the molecule is c1ccc2c(c1)c1ccccc1n2-c1ccc(-c2nc(-c3ccc(-n4c5ccccc5c5ccccc54)cc3)nc(-c3cc(-n4c5ccccc5c5ccccc54)cc(-n4c5ccccc5c5ccccc54)c3)n2)cc1. The highest BCUT2D eigenvalue weighted by Gasteiger charge is 2.21. The fourth-order valence-electron chi connectivity index (χ4n) is 12.1. The number of benzene rings is 11. The average molecular weight is 970 g/mol. The highest BCUT2D eigenvalue weighted by Crippen LogP contribution is 2.40. The van der Waals surface area contributed by atoms with E-state index in [1.807, 2.05) is 0 Å². The predicted molar refractivity (Wildman–Crippen MR) is 313 cm³/mol. The fourth-order valence-corrected chi connectivity index (χ4v) is 12.1. The topological polar surface area (TPSA) is 58.4 Å². The van der Waals surface area contributed by atoms with Gasteiger partial charge in [0.05, 0.1) is 44.1 Å². The maximum absolute atomic E-state index is 5.46. The minimum absolute atomic E-state index is 0.572. The van der Waals surface area contributed by atoms with E-state index in [1.165, 1.54) is 43.1 Å². The number of nitrogens with zero attached hydrogens (tertiary/aromatic N) is 7. The van der Waals surface area contributed by atoms with Crippen LogP contribution in [0.2, 0.25) is 0 Å². The summed E-state index contributed by atoms with van der Waals surface area (Å²) < 4.78 is 9.45. The Bertz CT molecular complexity index is 4470. The molecular formula is C69H43N7. The summed E-state index contributed by atoms with van der Waals surface area (Å²) in [6.07, 6.45) is 0. The lowest BCUT2D eigenvalue weighted by atomic mass is 10.1. The quantitative estimate of drug-likeness (QED) is 0.160. The van der Waals surface area contributed by atoms with Gasteiger partial charge in [-0.25, -0.2) is 15.0 Å². The van der Waals surface area contributed by atoms with Gasteiger partial charge in [0.15, 0.2) is 17.5 Å². The first-order chi connectivity index (χ1) is 37.7. The summed E-state index contributed by atoms with van der Waals surface area (Å²) in [6.45, 7) is 0. The molecule has 0 saturated carbocycles. The number of fused-ring (bicyclic) bond motifs is 12. The van der Waals surface area contributed by atoms with Crippen molar-refractivity contribution in [3.05, 3.63) is 261 Å². The van der Waals surface area contributed by atoms with Crippen molar-refractivity contribution >= 4 is 87.2 Å². The smallest absolute Gasteiger partial charge is 0.164 e. The Balaban J connectivity index is 0.924.